The second kappa shape index (κ2) is 8.88. The highest BCUT2D eigenvalue weighted by Crippen LogP contribution is 1.96. The third kappa shape index (κ3) is 8.03. The molecule has 0 heterocycles. The van der Waals surface area contributed by atoms with E-state index in [2.05, 4.69) is 5.32 Å². The number of hydrogen-bond donors (Lipinski definition) is 2. The van der Waals surface area contributed by atoms with Crippen molar-refractivity contribution in [3.63, 3.8) is 0 Å². The SMILES string of the molecule is CCC(O)CN(CNCC(C)OC(C)=O)C(C)=O. The molecule has 0 saturated carbocycles. The Morgan fingerprint density at radius 2 is 2.00 bits per heavy atom. The third-order valence-corrected chi connectivity index (χ3v) is 2.45. The molecule has 0 aliphatic heterocycles. The maximum atomic E-state index is 11.3. The van der Waals surface area contributed by atoms with E-state index in [1.165, 1.54) is 18.7 Å². The number of carbonyl (C=O) groups excluding carboxylic acids is 2. The van der Waals surface area contributed by atoms with E-state index in [0.29, 0.717) is 26.2 Å². The monoisotopic (exact) mass is 260 g/mol. The van der Waals surface area contributed by atoms with Crippen LogP contribution in [0.15, 0.2) is 0 Å². The molecule has 0 fully saturated rings. The van der Waals surface area contributed by atoms with Crippen LogP contribution in [-0.4, -0.2) is 53.8 Å². The fourth-order valence-corrected chi connectivity index (χ4v) is 1.42. The fourth-order valence-electron chi connectivity index (χ4n) is 1.42. The van der Waals surface area contributed by atoms with Crippen LogP contribution >= 0.6 is 0 Å². The molecular formula is C12H24N2O4. The number of nitrogens with one attached hydrogen (secondary N) is 1. The van der Waals surface area contributed by atoms with Gasteiger partial charge in [-0.3, -0.25) is 14.9 Å². The standard InChI is InChI=1S/C12H24N2O4/c1-5-12(17)7-14(10(3)15)8-13-6-9(2)18-11(4)16/h9,12-13,17H,5-8H2,1-4H3. The number of aliphatic hydroxyl groups is 1. The molecule has 0 spiro atoms. The van der Waals surface area contributed by atoms with Crippen LogP contribution in [0.2, 0.25) is 0 Å². The lowest BCUT2D eigenvalue weighted by molar-refractivity contribution is -0.145. The molecule has 1 amide bonds. The molecule has 18 heavy (non-hydrogen) atoms. The molecule has 0 aliphatic carbocycles. The van der Waals surface area contributed by atoms with Crippen LogP contribution in [0.3, 0.4) is 0 Å². The zero-order valence-corrected chi connectivity index (χ0v) is 11.6. The number of hydrogen-bond acceptors (Lipinski definition) is 5. The summed E-state index contributed by atoms with van der Waals surface area (Å²) in [6, 6.07) is 0. The number of ether oxygens (including phenoxy) is 1. The van der Waals surface area contributed by atoms with Crippen LogP contribution in [0.25, 0.3) is 0 Å². The largest absolute Gasteiger partial charge is 0.462 e. The van der Waals surface area contributed by atoms with Gasteiger partial charge in [0.05, 0.1) is 12.8 Å². The summed E-state index contributed by atoms with van der Waals surface area (Å²) >= 11 is 0. The first kappa shape index (κ1) is 16.9. The van der Waals surface area contributed by atoms with Gasteiger partial charge in [-0.25, -0.2) is 0 Å². The first-order valence-corrected chi connectivity index (χ1v) is 6.18. The Balaban J connectivity index is 3.97. The zero-order valence-electron chi connectivity index (χ0n) is 11.6. The molecule has 0 aromatic rings. The van der Waals surface area contributed by atoms with Crippen LogP contribution in [0.4, 0.5) is 0 Å². The summed E-state index contributed by atoms with van der Waals surface area (Å²) in [6.45, 7) is 7.55. The van der Waals surface area contributed by atoms with Gasteiger partial charge in [0.15, 0.2) is 0 Å². The molecule has 0 aromatic heterocycles. The topological polar surface area (TPSA) is 78.9 Å². The summed E-state index contributed by atoms with van der Waals surface area (Å²) in [7, 11) is 0. The Bertz CT molecular complexity index is 271. The van der Waals surface area contributed by atoms with Crippen LogP contribution in [0.5, 0.6) is 0 Å². The summed E-state index contributed by atoms with van der Waals surface area (Å²) in [5.41, 5.74) is 0. The van der Waals surface area contributed by atoms with Crippen molar-refractivity contribution < 1.29 is 19.4 Å². The Kier molecular flexibility index (Phi) is 8.32. The zero-order chi connectivity index (χ0) is 14.1. The molecule has 0 bridgehead atoms. The van der Waals surface area contributed by atoms with Gasteiger partial charge >= 0.3 is 5.97 Å². The van der Waals surface area contributed by atoms with Crippen LogP contribution < -0.4 is 5.32 Å². The van der Waals surface area contributed by atoms with E-state index < -0.39 is 6.10 Å². The number of carbonyl (C=O) groups is 2. The fraction of sp³-hybridized carbons (Fsp3) is 0.833. The van der Waals surface area contributed by atoms with Crippen molar-refractivity contribution >= 4 is 11.9 Å². The van der Waals surface area contributed by atoms with Crippen LogP contribution in [-0.2, 0) is 14.3 Å². The first-order valence-electron chi connectivity index (χ1n) is 6.18. The minimum absolute atomic E-state index is 0.102. The van der Waals surface area contributed by atoms with Gasteiger partial charge in [0.1, 0.15) is 6.10 Å². The van der Waals surface area contributed by atoms with E-state index in [4.69, 9.17) is 4.74 Å². The number of amides is 1. The number of aliphatic hydroxyl groups excluding tert-OH is 1. The third-order valence-electron chi connectivity index (χ3n) is 2.45. The number of esters is 1. The highest BCUT2D eigenvalue weighted by Gasteiger charge is 2.13. The van der Waals surface area contributed by atoms with E-state index in [-0.39, 0.29) is 18.0 Å². The Hall–Kier alpha value is -1.14. The number of rotatable bonds is 8. The van der Waals surface area contributed by atoms with Gasteiger partial charge in [-0.2, -0.15) is 0 Å². The predicted molar refractivity (Wildman–Crippen MR) is 67.8 cm³/mol. The van der Waals surface area contributed by atoms with Gasteiger partial charge in [-0.15, -0.1) is 0 Å². The minimum atomic E-state index is -0.512. The molecule has 0 rings (SSSR count). The second-order valence-electron chi connectivity index (χ2n) is 4.34. The molecule has 0 radical (unpaired) electrons. The molecule has 2 N–H and O–H groups in total. The van der Waals surface area contributed by atoms with Gasteiger partial charge in [-0.1, -0.05) is 6.92 Å². The highest BCUT2D eigenvalue weighted by molar-refractivity contribution is 5.73. The second-order valence-corrected chi connectivity index (χ2v) is 4.34. The van der Waals surface area contributed by atoms with E-state index >= 15 is 0 Å². The van der Waals surface area contributed by atoms with E-state index in [0.717, 1.165) is 0 Å². The molecule has 6 nitrogen and oxygen atoms in total. The molecule has 106 valence electrons. The maximum absolute atomic E-state index is 11.3. The van der Waals surface area contributed by atoms with Crippen molar-refractivity contribution in [1.29, 1.82) is 0 Å². The van der Waals surface area contributed by atoms with E-state index in [1.807, 2.05) is 6.92 Å². The van der Waals surface area contributed by atoms with E-state index in [1.54, 1.807) is 6.92 Å². The lowest BCUT2D eigenvalue weighted by Gasteiger charge is -2.24. The molecule has 0 aromatic carbocycles. The van der Waals surface area contributed by atoms with Crippen molar-refractivity contribution in [3.05, 3.63) is 0 Å². The average molecular weight is 260 g/mol. The van der Waals surface area contributed by atoms with E-state index in [9.17, 15) is 14.7 Å². The van der Waals surface area contributed by atoms with Crippen molar-refractivity contribution in [2.75, 3.05) is 19.8 Å². The van der Waals surface area contributed by atoms with Crippen molar-refractivity contribution in [2.45, 2.75) is 46.3 Å². The summed E-state index contributed by atoms with van der Waals surface area (Å²) in [4.78, 5) is 23.6. The van der Waals surface area contributed by atoms with Crippen molar-refractivity contribution in [2.24, 2.45) is 0 Å². The Labute approximate surface area is 108 Å². The van der Waals surface area contributed by atoms with Crippen molar-refractivity contribution in [3.8, 4) is 0 Å². The quantitative estimate of drug-likeness (QED) is 0.478. The molecule has 2 unspecified atom stereocenters. The maximum Gasteiger partial charge on any atom is 0.302 e. The van der Waals surface area contributed by atoms with Gasteiger partial charge in [0.2, 0.25) is 5.91 Å². The summed E-state index contributed by atoms with van der Waals surface area (Å²) in [6.07, 6.45) is -0.151. The Morgan fingerprint density at radius 3 is 2.44 bits per heavy atom. The highest BCUT2D eigenvalue weighted by atomic mass is 16.5. The smallest absolute Gasteiger partial charge is 0.302 e. The molecular weight excluding hydrogens is 236 g/mol. The van der Waals surface area contributed by atoms with Gasteiger partial charge in [0, 0.05) is 26.9 Å². The van der Waals surface area contributed by atoms with Crippen LogP contribution in [0.1, 0.15) is 34.1 Å². The molecule has 6 heteroatoms. The molecule has 2 atom stereocenters. The summed E-state index contributed by atoms with van der Waals surface area (Å²) < 4.78 is 4.94. The summed E-state index contributed by atoms with van der Waals surface area (Å²) in [5, 5.41) is 12.5. The molecule has 0 aliphatic rings. The van der Waals surface area contributed by atoms with Crippen LogP contribution in [0, 0.1) is 0 Å². The van der Waals surface area contributed by atoms with Crippen molar-refractivity contribution in [1.82, 2.24) is 10.2 Å². The normalized spacial score (nSPS) is 13.8. The number of nitrogens with zero attached hydrogens (tertiary/aromatic N) is 1. The predicted octanol–water partition coefficient (Wildman–Crippen LogP) is 0.104. The molecule has 0 saturated heterocycles. The van der Waals surface area contributed by atoms with Gasteiger partial charge in [0.25, 0.3) is 0 Å². The average Bonchev–Trinajstić information content (AvgIpc) is 2.26. The Morgan fingerprint density at radius 1 is 1.39 bits per heavy atom. The lowest BCUT2D eigenvalue weighted by atomic mass is 10.2. The lowest BCUT2D eigenvalue weighted by Crippen LogP contribution is -2.43. The van der Waals surface area contributed by atoms with Gasteiger partial charge < -0.3 is 14.7 Å². The van der Waals surface area contributed by atoms with Gasteiger partial charge in [-0.05, 0) is 13.3 Å². The minimum Gasteiger partial charge on any atom is -0.462 e. The first-order chi connectivity index (χ1) is 8.36. The summed E-state index contributed by atoms with van der Waals surface area (Å²) in [5.74, 6) is -0.427.